The summed E-state index contributed by atoms with van der Waals surface area (Å²) in [6, 6.07) is 0. The summed E-state index contributed by atoms with van der Waals surface area (Å²) in [7, 11) is 0. The summed E-state index contributed by atoms with van der Waals surface area (Å²) in [6.45, 7) is 0.289. The van der Waals surface area contributed by atoms with Crippen LogP contribution in [-0.4, -0.2) is 23.4 Å². The molecule has 0 heterocycles. The molecule has 14 heavy (non-hydrogen) atoms. The van der Waals surface area contributed by atoms with E-state index in [1.165, 1.54) is 31.3 Å². The molecule has 2 heteroatoms. The molecule has 0 aliphatic heterocycles. The van der Waals surface area contributed by atoms with E-state index in [0.717, 1.165) is 18.3 Å². The van der Waals surface area contributed by atoms with E-state index in [-0.39, 0.29) is 18.6 Å². The molecule has 3 rings (SSSR count). The van der Waals surface area contributed by atoms with E-state index in [4.69, 9.17) is 0 Å². The van der Waals surface area contributed by atoms with Crippen LogP contribution in [0.25, 0.3) is 0 Å². The molecule has 0 aromatic rings. The van der Waals surface area contributed by atoms with E-state index in [0.29, 0.717) is 0 Å². The molecule has 78 valence electrons. The van der Waals surface area contributed by atoms with Gasteiger partial charge in [-0.05, 0) is 43.9 Å². The highest BCUT2D eigenvalue weighted by molar-refractivity contribution is 5.37. The Hall–Kier alpha value is -0.340. The van der Waals surface area contributed by atoms with E-state index >= 15 is 0 Å². The van der Waals surface area contributed by atoms with Gasteiger partial charge in [-0.1, -0.05) is 11.1 Å². The lowest BCUT2D eigenvalue weighted by Crippen LogP contribution is -2.30. The fourth-order valence-electron chi connectivity index (χ4n) is 4.06. The molecule has 2 unspecified atom stereocenters. The number of hydrogen-bond acceptors (Lipinski definition) is 2. The summed E-state index contributed by atoms with van der Waals surface area (Å²) in [5, 5.41) is 19.0. The third-order valence-corrected chi connectivity index (χ3v) is 4.76. The molecular formula is C12H18O2. The van der Waals surface area contributed by atoms with Crippen LogP contribution in [-0.2, 0) is 0 Å². The zero-order valence-electron chi connectivity index (χ0n) is 8.50. The third-order valence-electron chi connectivity index (χ3n) is 4.76. The molecule has 0 saturated heterocycles. The van der Waals surface area contributed by atoms with Gasteiger partial charge >= 0.3 is 0 Å². The number of allylic oxidation sites excluding steroid dienone is 1. The first-order valence-corrected chi connectivity index (χ1v) is 5.75. The highest BCUT2D eigenvalue weighted by Gasteiger charge is 2.52. The lowest BCUT2D eigenvalue weighted by Gasteiger charge is -2.29. The summed E-state index contributed by atoms with van der Waals surface area (Å²) >= 11 is 0. The zero-order valence-corrected chi connectivity index (χ0v) is 8.50. The van der Waals surface area contributed by atoms with E-state index in [1.807, 2.05) is 0 Å². The van der Waals surface area contributed by atoms with Crippen LogP contribution in [0.5, 0.6) is 0 Å². The van der Waals surface area contributed by atoms with Crippen LogP contribution in [0.15, 0.2) is 11.1 Å². The van der Waals surface area contributed by atoms with Crippen LogP contribution in [0.2, 0.25) is 0 Å². The van der Waals surface area contributed by atoms with Gasteiger partial charge in [0.1, 0.15) is 0 Å². The number of aliphatic hydroxyl groups excluding tert-OH is 2. The predicted molar refractivity (Wildman–Crippen MR) is 53.7 cm³/mol. The number of rotatable bonds is 2. The summed E-state index contributed by atoms with van der Waals surface area (Å²) in [5.74, 6) is 1.58. The van der Waals surface area contributed by atoms with Gasteiger partial charge in [0.05, 0.1) is 13.2 Å². The molecule has 0 radical (unpaired) electrons. The molecule has 0 aromatic heterocycles. The van der Waals surface area contributed by atoms with Gasteiger partial charge in [-0.2, -0.15) is 0 Å². The van der Waals surface area contributed by atoms with Gasteiger partial charge in [-0.3, -0.25) is 0 Å². The Morgan fingerprint density at radius 2 is 2.00 bits per heavy atom. The summed E-state index contributed by atoms with van der Waals surface area (Å²) in [6.07, 6.45) is 6.06. The zero-order chi connectivity index (χ0) is 9.76. The van der Waals surface area contributed by atoms with Crippen molar-refractivity contribution >= 4 is 0 Å². The third kappa shape index (κ3) is 0.887. The Labute approximate surface area is 84.6 Å². The second-order valence-corrected chi connectivity index (χ2v) is 5.26. The quantitative estimate of drug-likeness (QED) is 0.654. The van der Waals surface area contributed by atoms with Crippen molar-refractivity contribution in [3.05, 3.63) is 11.1 Å². The van der Waals surface area contributed by atoms with Crippen molar-refractivity contribution in [2.45, 2.75) is 32.1 Å². The van der Waals surface area contributed by atoms with Gasteiger partial charge in [0.15, 0.2) is 0 Å². The van der Waals surface area contributed by atoms with Crippen molar-refractivity contribution in [1.29, 1.82) is 0 Å². The normalized spacial score (nSPS) is 38.1. The van der Waals surface area contributed by atoms with Gasteiger partial charge in [0, 0.05) is 5.41 Å². The number of fused-ring (bicyclic) bond motifs is 4. The first-order valence-electron chi connectivity index (χ1n) is 5.75. The smallest absolute Gasteiger partial charge is 0.0547 e. The van der Waals surface area contributed by atoms with Gasteiger partial charge in [-0.15, -0.1) is 0 Å². The maximum atomic E-state index is 9.50. The van der Waals surface area contributed by atoms with Gasteiger partial charge in [0.25, 0.3) is 0 Å². The van der Waals surface area contributed by atoms with E-state index < -0.39 is 0 Å². The second-order valence-electron chi connectivity index (χ2n) is 5.26. The van der Waals surface area contributed by atoms with Crippen molar-refractivity contribution in [3.63, 3.8) is 0 Å². The maximum Gasteiger partial charge on any atom is 0.0547 e. The first-order chi connectivity index (χ1) is 6.80. The fraction of sp³-hybridized carbons (Fsp3) is 0.833. The molecule has 2 bridgehead atoms. The van der Waals surface area contributed by atoms with Crippen LogP contribution < -0.4 is 0 Å². The minimum absolute atomic E-state index is 0.144. The van der Waals surface area contributed by atoms with Gasteiger partial charge in [-0.25, -0.2) is 0 Å². The van der Waals surface area contributed by atoms with Crippen LogP contribution in [0, 0.1) is 17.3 Å². The molecule has 2 nitrogen and oxygen atoms in total. The first kappa shape index (κ1) is 8.93. The van der Waals surface area contributed by atoms with E-state index in [2.05, 4.69) is 0 Å². The van der Waals surface area contributed by atoms with Crippen molar-refractivity contribution in [1.82, 2.24) is 0 Å². The Kier molecular flexibility index (Phi) is 1.80. The Morgan fingerprint density at radius 1 is 1.21 bits per heavy atom. The highest BCUT2D eigenvalue weighted by Crippen LogP contribution is 2.61. The highest BCUT2D eigenvalue weighted by atomic mass is 16.3. The standard InChI is InChI=1S/C12H18O2/c13-6-12(7-14)4-3-10-8-1-2-9(5-8)11(10)12/h8,10,13-14H,1-7H2. The molecule has 2 N–H and O–H groups in total. The van der Waals surface area contributed by atoms with Crippen molar-refractivity contribution < 1.29 is 10.2 Å². The molecular weight excluding hydrogens is 176 g/mol. The van der Waals surface area contributed by atoms with E-state index in [1.54, 1.807) is 5.57 Å². The molecule has 2 fully saturated rings. The molecule has 3 aliphatic rings. The largest absolute Gasteiger partial charge is 0.395 e. The second kappa shape index (κ2) is 2.83. The summed E-state index contributed by atoms with van der Waals surface area (Å²) in [5.41, 5.74) is 2.83. The summed E-state index contributed by atoms with van der Waals surface area (Å²) < 4.78 is 0. The van der Waals surface area contributed by atoms with Crippen LogP contribution in [0.4, 0.5) is 0 Å². The average Bonchev–Trinajstić information content (AvgIpc) is 2.90. The number of aliphatic hydroxyl groups is 2. The summed E-state index contributed by atoms with van der Waals surface area (Å²) in [4.78, 5) is 0. The van der Waals surface area contributed by atoms with Crippen molar-refractivity contribution in [3.8, 4) is 0 Å². The predicted octanol–water partition coefficient (Wildman–Crippen LogP) is 1.48. The molecule has 0 amide bonds. The van der Waals surface area contributed by atoms with Gasteiger partial charge < -0.3 is 10.2 Å². The minimum atomic E-state index is -0.227. The SMILES string of the molecule is OCC1(CO)CCC2C1=C1CCC2C1. The molecule has 0 spiro atoms. The lowest BCUT2D eigenvalue weighted by atomic mass is 9.78. The Bertz CT molecular complexity index is 289. The van der Waals surface area contributed by atoms with Crippen molar-refractivity contribution in [2.75, 3.05) is 13.2 Å². The molecule has 3 aliphatic carbocycles. The lowest BCUT2D eigenvalue weighted by molar-refractivity contribution is 0.0877. The average molecular weight is 194 g/mol. The Morgan fingerprint density at radius 3 is 2.71 bits per heavy atom. The topological polar surface area (TPSA) is 40.5 Å². The van der Waals surface area contributed by atoms with Crippen LogP contribution in [0.3, 0.4) is 0 Å². The monoisotopic (exact) mass is 194 g/mol. The van der Waals surface area contributed by atoms with Gasteiger partial charge in [0.2, 0.25) is 0 Å². The Balaban J connectivity index is 2.04. The van der Waals surface area contributed by atoms with E-state index in [9.17, 15) is 10.2 Å². The number of hydrogen-bond donors (Lipinski definition) is 2. The molecule has 0 aromatic carbocycles. The fourth-order valence-corrected chi connectivity index (χ4v) is 4.06. The minimum Gasteiger partial charge on any atom is -0.395 e. The molecule has 2 atom stereocenters. The van der Waals surface area contributed by atoms with Crippen LogP contribution >= 0.6 is 0 Å². The van der Waals surface area contributed by atoms with Crippen molar-refractivity contribution in [2.24, 2.45) is 17.3 Å². The maximum absolute atomic E-state index is 9.50. The molecule has 2 saturated carbocycles. The van der Waals surface area contributed by atoms with Crippen LogP contribution in [0.1, 0.15) is 32.1 Å².